The average molecular weight is 890 g/mol. The molecule has 1 aliphatic carbocycles. The highest BCUT2D eigenvalue weighted by molar-refractivity contribution is 6.17. The number of ether oxygens (including phenoxy) is 2. The highest BCUT2D eigenvalue weighted by atomic mass is 19.1. The lowest BCUT2D eigenvalue weighted by atomic mass is 9.90. The number of fused-ring (bicyclic) bond motifs is 1. The Morgan fingerprint density at radius 2 is 1.43 bits per heavy atom. The molecule has 4 fully saturated rings. The van der Waals surface area contributed by atoms with E-state index in [0.717, 1.165) is 58.7 Å². The van der Waals surface area contributed by atoms with E-state index in [2.05, 4.69) is 35.6 Å². The molecular formula is C49H50F3N7O6. The Bertz CT molecular complexity index is 2580. The second-order valence-electron chi connectivity index (χ2n) is 17.4. The maximum atomic E-state index is 15.8. The Morgan fingerprint density at radius 1 is 0.754 bits per heavy atom. The van der Waals surface area contributed by atoms with E-state index in [1.54, 1.807) is 54.7 Å². The van der Waals surface area contributed by atoms with Gasteiger partial charge in [0.05, 0.1) is 17.1 Å². The van der Waals surface area contributed by atoms with Crippen molar-refractivity contribution in [3.8, 4) is 17.2 Å². The summed E-state index contributed by atoms with van der Waals surface area (Å²) in [4.78, 5) is 61.2. The van der Waals surface area contributed by atoms with Crippen LogP contribution in [-0.2, 0) is 19.2 Å². The summed E-state index contributed by atoms with van der Waals surface area (Å²) >= 11 is 0. The highest BCUT2D eigenvalue weighted by Crippen LogP contribution is 2.47. The van der Waals surface area contributed by atoms with E-state index in [1.807, 2.05) is 0 Å². The number of imide groups is 1. The van der Waals surface area contributed by atoms with Gasteiger partial charge in [0.25, 0.3) is 0 Å². The number of hydrogen-bond donors (Lipinski definition) is 3. The van der Waals surface area contributed by atoms with Crippen LogP contribution in [0.15, 0.2) is 91.1 Å². The first-order valence-corrected chi connectivity index (χ1v) is 22.2. The van der Waals surface area contributed by atoms with Gasteiger partial charge in [0.15, 0.2) is 11.6 Å². The van der Waals surface area contributed by atoms with E-state index in [1.165, 1.54) is 36.4 Å². The molecule has 16 heteroatoms. The average Bonchev–Trinajstić information content (AvgIpc) is 4.12. The van der Waals surface area contributed by atoms with Crippen molar-refractivity contribution in [2.75, 3.05) is 74.5 Å². The molecule has 65 heavy (non-hydrogen) atoms. The number of benzene rings is 4. The molecule has 5 aromatic rings. The number of aromatic nitrogens is 1. The third-order valence-electron chi connectivity index (χ3n) is 13.0. The van der Waals surface area contributed by atoms with E-state index in [4.69, 9.17) is 9.47 Å². The van der Waals surface area contributed by atoms with E-state index in [-0.39, 0.29) is 23.9 Å². The number of anilines is 3. The topological polar surface area (TPSA) is 145 Å². The van der Waals surface area contributed by atoms with Crippen molar-refractivity contribution in [2.45, 2.75) is 44.4 Å². The van der Waals surface area contributed by atoms with Gasteiger partial charge in [-0.1, -0.05) is 6.07 Å². The fourth-order valence-corrected chi connectivity index (χ4v) is 8.98. The number of piperazine rings is 1. The molecular weight excluding hydrogens is 840 g/mol. The first-order chi connectivity index (χ1) is 31.5. The van der Waals surface area contributed by atoms with Crippen LogP contribution in [0.4, 0.5) is 30.2 Å². The lowest BCUT2D eigenvalue weighted by Crippen LogP contribution is -2.49. The number of carbonyl (C=O) groups is 4. The first kappa shape index (κ1) is 43.7. The molecule has 0 radical (unpaired) electrons. The fraction of sp³-hybridized carbons (Fsp3) is 0.367. The van der Waals surface area contributed by atoms with Crippen LogP contribution in [0, 0.1) is 28.8 Å². The van der Waals surface area contributed by atoms with Gasteiger partial charge in [-0.3, -0.25) is 34.4 Å². The van der Waals surface area contributed by atoms with Crippen LogP contribution in [0.1, 0.15) is 50.0 Å². The molecule has 4 aliphatic rings. The monoisotopic (exact) mass is 889 g/mol. The van der Waals surface area contributed by atoms with Crippen molar-refractivity contribution < 1.29 is 41.8 Å². The van der Waals surface area contributed by atoms with Crippen molar-refractivity contribution in [1.82, 2.24) is 20.1 Å². The zero-order chi connectivity index (χ0) is 45.1. The highest BCUT2D eigenvalue weighted by Gasteiger charge is 2.56. The zero-order valence-electron chi connectivity index (χ0n) is 35.8. The molecule has 3 N–H and O–H groups in total. The smallest absolute Gasteiger partial charge is 0.240 e. The van der Waals surface area contributed by atoms with E-state index in [9.17, 15) is 28.0 Å². The SMILES string of the molecule is O=C1CCC(c2ccc(OCCN3CCN(CC4CCN(c5cc6nccc(Oc7ccc(NC(=O)C8(C(=O)Nc9ccc(F)cc9)CC8)cc7)c6cc5F)CC4)CC3)c(F)c2)C(=O)N1. The summed E-state index contributed by atoms with van der Waals surface area (Å²) in [6, 6.07) is 21.6. The Labute approximate surface area is 374 Å². The summed E-state index contributed by atoms with van der Waals surface area (Å²) in [7, 11) is 0. The number of nitrogens with zero attached hydrogens (tertiary/aromatic N) is 4. The van der Waals surface area contributed by atoms with Gasteiger partial charge in [0.2, 0.25) is 23.6 Å². The summed E-state index contributed by atoms with van der Waals surface area (Å²) in [5.41, 5.74) is 1.36. The molecule has 13 nitrogen and oxygen atoms in total. The van der Waals surface area contributed by atoms with Gasteiger partial charge < -0.3 is 29.9 Å². The van der Waals surface area contributed by atoms with Crippen LogP contribution < -0.4 is 30.3 Å². The lowest BCUT2D eigenvalue weighted by molar-refractivity contribution is -0.134. The Hall–Kier alpha value is -6.52. The predicted octanol–water partition coefficient (Wildman–Crippen LogP) is 7.24. The van der Waals surface area contributed by atoms with Gasteiger partial charge in [0, 0.05) is 81.7 Å². The van der Waals surface area contributed by atoms with Crippen LogP contribution in [0.3, 0.4) is 0 Å². The summed E-state index contributed by atoms with van der Waals surface area (Å²) in [6.45, 7) is 7.06. The molecule has 1 aromatic heterocycles. The minimum absolute atomic E-state index is 0.146. The summed E-state index contributed by atoms with van der Waals surface area (Å²) in [5, 5.41) is 8.37. The predicted molar refractivity (Wildman–Crippen MR) is 238 cm³/mol. The number of nitrogens with one attached hydrogen (secondary N) is 3. The molecule has 3 aliphatic heterocycles. The van der Waals surface area contributed by atoms with Gasteiger partial charge in [-0.15, -0.1) is 0 Å². The van der Waals surface area contributed by atoms with Crippen molar-refractivity contribution >= 4 is 51.6 Å². The van der Waals surface area contributed by atoms with E-state index >= 15 is 4.39 Å². The van der Waals surface area contributed by atoms with Crippen molar-refractivity contribution in [2.24, 2.45) is 11.3 Å². The quantitative estimate of drug-likeness (QED) is 0.0772. The van der Waals surface area contributed by atoms with Gasteiger partial charge in [-0.2, -0.15) is 0 Å². The summed E-state index contributed by atoms with van der Waals surface area (Å²) < 4.78 is 55.9. The third-order valence-corrected chi connectivity index (χ3v) is 13.0. The van der Waals surface area contributed by atoms with Crippen molar-refractivity contribution in [3.63, 3.8) is 0 Å². The Morgan fingerprint density at radius 3 is 2.09 bits per heavy atom. The molecule has 1 saturated carbocycles. The molecule has 9 rings (SSSR count). The van der Waals surface area contributed by atoms with Crippen molar-refractivity contribution in [1.29, 1.82) is 0 Å². The maximum Gasteiger partial charge on any atom is 0.240 e. The van der Waals surface area contributed by atoms with Crippen molar-refractivity contribution in [3.05, 3.63) is 114 Å². The van der Waals surface area contributed by atoms with E-state index < -0.39 is 40.7 Å². The van der Waals surface area contributed by atoms with Crippen LogP contribution in [-0.4, -0.2) is 97.4 Å². The van der Waals surface area contributed by atoms with Gasteiger partial charge >= 0.3 is 0 Å². The number of amides is 4. The molecule has 4 heterocycles. The fourth-order valence-electron chi connectivity index (χ4n) is 8.98. The standard InChI is InChI=1S/C49H50F3N7O6/c50-33-2-4-34(5-3-33)54-47(62)49(16-17-49)48(63)55-35-6-8-36(9-7-35)65-43-13-18-53-41-29-42(39(51)28-38(41)43)59-19-14-31(15-20-59)30-58-23-21-57(22-24-58)25-26-64-44-11-1-32(27-40(44)52)37-10-12-45(60)56-46(37)61/h1-9,11,13,18,27-29,31,37H,10,12,14-17,19-26,30H2,(H,54,62)(H,55,63)(H,56,60,61). The second kappa shape index (κ2) is 18.9. The number of hydrogen-bond acceptors (Lipinski definition) is 10. The lowest BCUT2D eigenvalue weighted by Gasteiger charge is -2.39. The molecule has 1 unspecified atom stereocenters. The molecule has 1 atom stereocenters. The van der Waals surface area contributed by atoms with E-state index in [0.29, 0.717) is 83.4 Å². The maximum absolute atomic E-state index is 15.8. The molecule has 0 spiro atoms. The molecule has 4 aromatic carbocycles. The normalized spacial score (nSPS) is 19.1. The number of pyridine rings is 1. The van der Waals surface area contributed by atoms with Crippen LogP contribution in [0.5, 0.6) is 17.2 Å². The minimum atomic E-state index is -1.19. The first-order valence-electron chi connectivity index (χ1n) is 22.2. The minimum Gasteiger partial charge on any atom is -0.489 e. The number of piperidine rings is 2. The molecule has 4 amide bonds. The molecule has 338 valence electrons. The second-order valence-corrected chi connectivity index (χ2v) is 17.4. The largest absolute Gasteiger partial charge is 0.489 e. The Kier molecular flexibility index (Phi) is 12.7. The van der Waals surface area contributed by atoms with Crippen LogP contribution in [0.25, 0.3) is 10.9 Å². The van der Waals surface area contributed by atoms with Crippen LogP contribution in [0.2, 0.25) is 0 Å². The number of carbonyl (C=O) groups excluding carboxylic acids is 4. The number of halogens is 3. The van der Waals surface area contributed by atoms with Gasteiger partial charge in [0.1, 0.15) is 35.2 Å². The molecule has 3 saturated heterocycles. The molecule has 0 bridgehead atoms. The summed E-state index contributed by atoms with van der Waals surface area (Å²) in [5.74, 6) is -1.86. The van der Waals surface area contributed by atoms with Gasteiger partial charge in [-0.25, -0.2) is 13.2 Å². The Balaban J connectivity index is 0.714. The zero-order valence-corrected chi connectivity index (χ0v) is 35.8. The number of rotatable bonds is 14. The van der Waals surface area contributed by atoms with Crippen LogP contribution >= 0.6 is 0 Å². The summed E-state index contributed by atoms with van der Waals surface area (Å²) in [6.07, 6.45) is 4.91. The third kappa shape index (κ3) is 10.1. The van der Waals surface area contributed by atoms with Gasteiger partial charge in [-0.05, 0) is 122 Å².